The maximum absolute atomic E-state index is 12.6. The molecule has 1 aliphatic rings. The van der Waals surface area contributed by atoms with E-state index in [1.807, 2.05) is 24.3 Å². The van der Waals surface area contributed by atoms with Crippen molar-refractivity contribution in [2.45, 2.75) is 0 Å². The number of benzene rings is 2. The van der Waals surface area contributed by atoms with E-state index in [0.717, 1.165) is 42.2 Å². The Morgan fingerprint density at radius 2 is 1.61 bits per heavy atom. The van der Waals surface area contributed by atoms with E-state index >= 15 is 0 Å². The second-order valence-corrected chi connectivity index (χ2v) is 7.90. The van der Waals surface area contributed by atoms with Gasteiger partial charge < -0.3 is 20.9 Å². The summed E-state index contributed by atoms with van der Waals surface area (Å²) in [7, 11) is 2.12. The molecule has 0 spiro atoms. The zero-order chi connectivity index (χ0) is 22.0. The predicted octanol–water partition coefficient (Wildman–Crippen LogP) is 2.48. The van der Waals surface area contributed by atoms with Crippen molar-refractivity contribution in [1.29, 1.82) is 0 Å². The Balaban J connectivity index is 1.59. The quantitative estimate of drug-likeness (QED) is 0.635. The molecule has 1 fully saturated rings. The van der Waals surface area contributed by atoms with Gasteiger partial charge in [0, 0.05) is 48.6 Å². The molecule has 0 unspecified atom stereocenters. The Labute approximate surface area is 184 Å². The summed E-state index contributed by atoms with van der Waals surface area (Å²) in [4.78, 5) is 29.3. The van der Waals surface area contributed by atoms with Gasteiger partial charge in [-0.15, -0.1) is 0 Å². The van der Waals surface area contributed by atoms with Crippen LogP contribution in [-0.4, -0.2) is 53.8 Å². The molecule has 9 heteroatoms. The third-order valence-electron chi connectivity index (χ3n) is 5.25. The van der Waals surface area contributed by atoms with Crippen molar-refractivity contribution < 1.29 is 4.79 Å². The Morgan fingerprint density at radius 3 is 2.23 bits per heavy atom. The Hall–Kier alpha value is -3.36. The number of hydrogen-bond acceptors (Lipinski definition) is 6. The van der Waals surface area contributed by atoms with Gasteiger partial charge in [0.1, 0.15) is 0 Å². The molecule has 31 heavy (non-hydrogen) atoms. The van der Waals surface area contributed by atoms with Gasteiger partial charge in [-0.05, 0) is 55.6 Å². The molecule has 2 aromatic carbocycles. The van der Waals surface area contributed by atoms with Gasteiger partial charge in [-0.25, -0.2) is 0 Å². The summed E-state index contributed by atoms with van der Waals surface area (Å²) in [5.41, 5.74) is 7.71. The van der Waals surface area contributed by atoms with Crippen LogP contribution in [0.1, 0.15) is 10.5 Å². The first-order valence-electron chi connectivity index (χ1n) is 9.91. The zero-order valence-electron chi connectivity index (χ0n) is 17.1. The lowest BCUT2D eigenvalue weighted by Crippen LogP contribution is -2.44. The normalized spacial score (nSPS) is 14.5. The highest BCUT2D eigenvalue weighted by Gasteiger charge is 2.16. The molecule has 1 aliphatic heterocycles. The molecule has 160 valence electrons. The summed E-state index contributed by atoms with van der Waals surface area (Å²) in [5.74, 6) is -0.737. The fraction of sp³-hybridized carbons (Fsp3) is 0.227. The molecule has 0 aliphatic carbocycles. The van der Waals surface area contributed by atoms with Crippen LogP contribution in [0.2, 0.25) is 5.02 Å². The van der Waals surface area contributed by atoms with Crippen molar-refractivity contribution in [2.75, 3.05) is 43.4 Å². The van der Waals surface area contributed by atoms with Crippen LogP contribution in [-0.2, 0) is 0 Å². The standard InChI is InChI=1S/C22H23ClN6O2/c1-27-10-12-28(13-11-27)17-8-4-16(5-9-17)25-19-14-20(30)29(26-21(19)22(24)31)18-6-2-15(23)3-7-18/h2-9,14,25H,10-13H2,1H3,(H2,24,31). The van der Waals surface area contributed by atoms with Crippen molar-refractivity contribution in [3.05, 3.63) is 75.7 Å². The number of primary amides is 1. The number of aromatic nitrogens is 2. The van der Waals surface area contributed by atoms with Gasteiger partial charge in [-0.1, -0.05) is 11.6 Å². The first-order valence-corrected chi connectivity index (χ1v) is 10.3. The summed E-state index contributed by atoms with van der Waals surface area (Å²) in [5, 5.41) is 7.80. The van der Waals surface area contributed by atoms with Crippen molar-refractivity contribution in [3.63, 3.8) is 0 Å². The van der Waals surface area contributed by atoms with E-state index in [1.54, 1.807) is 24.3 Å². The highest BCUT2D eigenvalue weighted by atomic mass is 35.5. The van der Waals surface area contributed by atoms with Gasteiger partial charge >= 0.3 is 0 Å². The average molecular weight is 439 g/mol. The second-order valence-electron chi connectivity index (χ2n) is 7.46. The first-order chi connectivity index (χ1) is 14.9. The molecule has 3 aromatic rings. The van der Waals surface area contributed by atoms with Crippen molar-refractivity contribution in [1.82, 2.24) is 14.7 Å². The monoisotopic (exact) mass is 438 g/mol. The van der Waals surface area contributed by atoms with Crippen molar-refractivity contribution in [3.8, 4) is 5.69 Å². The molecule has 0 radical (unpaired) electrons. The maximum Gasteiger partial charge on any atom is 0.273 e. The highest BCUT2D eigenvalue weighted by Crippen LogP contribution is 2.23. The van der Waals surface area contributed by atoms with E-state index in [2.05, 4.69) is 27.3 Å². The van der Waals surface area contributed by atoms with E-state index < -0.39 is 11.5 Å². The van der Waals surface area contributed by atoms with Crippen molar-refractivity contribution in [2.24, 2.45) is 5.73 Å². The van der Waals surface area contributed by atoms with Crippen LogP contribution >= 0.6 is 11.6 Å². The van der Waals surface area contributed by atoms with Gasteiger partial charge in [0.15, 0.2) is 5.69 Å². The fourth-order valence-electron chi connectivity index (χ4n) is 3.48. The van der Waals surface area contributed by atoms with Crippen LogP contribution in [0.3, 0.4) is 0 Å². The predicted molar refractivity (Wildman–Crippen MR) is 123 cm³/mol. The Morgan fingerprint density at radius 1 is 1.00 bits per heavy atom. The third kappa shape index (κ3) is 4.70. The van der Waals surface area contributed by atoms with Gasteiger partial charge in [-0.2, -0.15) is 9.78 Å². The van der Waals surface area contributed by atoms with E-state index in [9.17, 15) is 9.59 Å². The van der Waals surface area contributed by atoms with Crippen LogP contribution in [0.5, 0.6) is 0 Å². The summed E-state index contributed by atoms with van der Waals surface area (Å²) < 4.78 is 1.12. The molecular weight excluding hydrogens is 416 g/mol. The highest BCUT2D eigenvalue weighted by molar-refractivity contribution is 6.30. The van der Waals surface area contributed by atoms with Crippen LogP contribution in [0, 0.1) is 0 Å². The maximum atomic E-state index is 12.6. The van der Waals surface area contributed by atoms with Gasteiger partial charge in [0.2, 0.25) is 0 Å². The van der Waals surface area contributed by atoms with E-state index in [1.165, 1.54) is 6.07 Å². The van der Waals surface area contributed by atoms with Crippen LogP contribution < -0.4 is 21.5 Å². The SMILES string of the molecule is CN1CCN(c2ccc(Nc3cc(=O)n(-c4ccc(Cl)cc4)nc3C(N)=O)cc2)CC1. The lowest BCUT2D eigenvalue weighted by Gasteiger charge is -2.34. The molecule has 8 nitrogen and oxygen atoms in total. The number of piperazine rings is 1. The molecule has 0 bridgehead atoms. The lowest BCUT2D eigenvalue weighted by molar-refractivity contribution is 0.0995. The number of carbonyl (C=O) groups is 1. The summed E-state index contributed by atoms with van der Waals surface area (Å²) in [6.45, 7) is 4.00. The number of nitrogens with two attached hydrogens (primary N) is 1. The minimum absolute atomic E-state index is 0.0299. The van der Waals surface area contributed by atoms with Gasteiger partial charge in [-0.3, -0.25) is 9.59 Å². The number of nitrogens with zero attached hydrogens (tertiary/aromatic N) is 4. The molecule has 1 saturated heterocycles. The molecular formula is C22H23ClN6O2. The number of likely N-dealkylation sites (N-methyl/N-ethyl adjacent to an activating group) is 1. The van der Waals surface area contributed by atoms with Crippen LogP contribution in [0.25, 0.3) is 5.69 Å². The minimum Gasteiger partial charge on any atom is -0.369 e. The van der Waals surface area contributed by atoms with Crippen LogP contribution in [0.4, 0.5) is 17.1 Å². The number of carbonyl (C=O) groups excluding carboxylic acids is 1. The van der Waals surface area contributed by atoms with Crippen LogP contribution in [0.15, 0.2) is 59.4 Å². The summed E-state index contributed by atoms with van der Waals surface area (Å²) in [6.07, 6.45) is 0. The van der Waals surface area contributed by atoms with Gasteiger partial charge in [0.05, 0.1) is 11.4 Å². The molecule has 1 aromatic heterocycles. The number of anilines is 3. The lowest BCUT2D eigenvalue weighted by atomic mass is 10.2. The smallest absolute Gasteiger partial charge is 0.273 e. The Bertz CT molecular complexity index is 1140. The zero-order valence-corrected chi connectivity index (χ0v) is 17.8. The third-order valence-corrected chi connectivity index (χ3v) is 5.50. The minimum atomic E-state index is -0.737. The number of nitrogens with one attached hydrogen (secondary N) is 1. The molecule has 1 amide bonds. The van der Waals surface area contributed by atoms with E-state index in [4.69, 9.17) is 17.3 Å². The number of rotatable bonds is 5. The van der Waals surface area contributed by atoms with Gasteiger partial charge in [0.25, 0.3) is 11.5 Å². The van der Waals surface area contributed by atoms with Crippen molar-refractivity contribution >= 4 is 34.6 Å². The molecule has 0 saturated carbocycles. The summed E-state index contributed by atoms with van der Waals surface area (Å²) >= 11 is 5.91. The van der Waals surface area contributed by atoms with E-state index in [0.29, 0.717) is 10.7 Å². The average Bonchev–Trinajstić information content (AvgIpc) is 2.76. The first kappa shape index (κ1) is 20.9. The van der Waals surface area contributed by atoms with E-state index in [-0.39, 0.29) is 11.4 Å². The number of hydrogen-bond donors (Lipinski definition) is 2. The Kier molecular flexibility index (Phi) is 5.92. The number of amides is 1. The number of halogens is 1. The molecule has 4 rings (SSSR count). The topological polar surface area (TPSA) is 96.5 Å². The largest absolute Gasteiger partial charge is 0.369 e. The molecule has 0 atom stereocenters. The summed E-state index contributed by atoms with van der Waals surface area (Å²) in [6, 6.07) is 15.7. The fourth-order valence-corrected chi connectivity index (χ4v) is 3.60. The molecule has 2 heterocycles. The molecule has 3 N–H and O–H groups in total. The second kappa shape index (κ2) is 8.79.